The first-order valence-electron chi connectivity index (χ1n) is 7.51. The van der Waals surface area contributed by atoms with E-state index in [9.17, 15) is 4.79 Å². The Morgan fingerprint density at radius 1 is 1.00 bits per heavy atom. The number of hydrogen-bond donors (Lipinski definition) is 0. The molecule has 0 aromatic rings. The molecule has 0 amide bonds. The third kappa shape index (κ3) is 5.70. The number of carbonyl (C=O) groups is 1. The first-order valence-corrected chi connectivity index (χ1v) is 7.51. The highest BCUT2D eigenvalue weighted by Gasteiger charge is 2.26. The summed E-state index contributed by atoms with van der Waals surface area (Å²) in [6.07, 6.45) is 8.14. The summed E-state index contributed by atoms with van der Waals surface area (Å²) in [6.45, 7) is 9.01. The quantitative estimate of drug-likeness (QED) is 0.647. The normalized spacial score (nSPS) is 25.5. The first-order chi connectivity index (χ1) is 7.99. The van der Waals surface area contributed by atoms with Crippen LogP contribution in [0.5, 0.6) is 0 Å². The molecule has 1 aliphatic carbocycles. The predicted octanol–water partition coefficient (Wildman–Crippen LogP) is 4.84. The lowest BCUT2D eigenvalue weighted by atomic mass is 9.76. The molecule has 1 fully saturated rings. The van der Waals surface area contributed by atoms with Crippen molar-refractivity contribution in [2.45, 2.75) is 72.6 Å². The maximum absolute atomic E-state index is 12.0. The van der Waals surface area contributed by atoms with Gasteiger partial charge >= 0.3 is 0 Å². The highest BCUT2D eigenvalue weighted by molar-refractivity contribution is 5.81. The van der Waals surface area contributed by atoms with Crippen LogP contribution in [0.15, 0.2) is 0 Å². The number of ketones is 1. The lowest BCUT2D eigenvalue weighted by molar-refractivity contribution is -0.124. The van der Waals surface area contributed by atoms with Crippen LogP contribution in [0.4, 0.5) is 0 Å². The van der Waals surface area contributed by atoms with E-state index in [1.807, 2.05) is 0 Å². The highest BCUT2D eigenvalue weighted by Crippen LogP contribution is 2.33. The van der Waals surface area contributed by atoms with Crippen LogP contribution >= 0.6 is 0 Å². The van der Waals surface area contributed by atoms with Gasteiger partial charge in [-0.2, -0.15) is 0 Å². The molecule has 0 atom stereocenters. The average Bonchev–Trinajstić information content (AvgIpc) is 2.26. The van der Waals surface area contributed by atoms with E-state index >= 15 is 0 Å². The van der Waals surface area contributed by atoms with Gasteiger partial charge < -0.3 is 0 Å². The predicted molar refractivity (Wildman–Crippen MR) is 74.0 cm³/mol. The summed E-state index contributed by atoms with van der Waals surface area (Å²) in [4.78, 5) is 12.0. The van der Waals surface area contributed by atoms with Crippen LogP contribution in [0, 0.1) is 23.7 Å². The molecule has 0 bridgehead atoms. The van der Waals surface area contributed by atoms with Crippen molar-refractivity contribution in [1.29, 1.82) is 0 Å². The van der Waals surface area contributed by atoms with Crippen LogP contribution in [-0.4, -0.2) is 5.78 Å². The average molecular weight is 238 g/mol. The Hall–Kier alpha value is -0.330. The van der Waals surface area contributed by atoms with Gasteiger partial charge in [-0.1, -0.05) is 27.7 Å². The lowest BCUT2D eigenvalue weighted by Gasteiger charge is -2.28. The second-order valence-electron chi connectivity index (χ2n) is 6.75. The molecule has 0 heterocycles. The number of carbonyl (C=O) groups excluding carboxylic acids is 1. The van der Waals surface area contributed by atoms with Crippen LogP contribution in [0.3, 0.4) is 0 Å². The van der Waals surface area contributed by atoms with Gasteiger partial charge in [0.05, 0.1) is 0 Å². The fourth-order valence-corrected chi connectivity index (χ4v) is 3.02. The van der Waals surface area contributed by atoms with Gasteiger partial charge in [-0.15, -0.1) is 0 Å². The lowest BCUT2D eigenvalue weighted by Crippen LogP contribution is -2.22. The van der Waals surface area contributed by atoms with Crippen LogP contribution in [0.25, 0.3) is 0 Å². The summed E-state index contributed by atoms with van der Waals surface area (Å²) in [5, 5.41) is 0. The fourth-order valence-electron chi connectivity index (χ4n) is 3.02. The number of hydrogen-bond acceptors (Lipinski definition) is 1. The van der Waals surface area contributed by atoms with Crippen LogP contribution in [0.2, 0.25) is 0 Å². The van der Waals surface area contributed by atoms with E-state index in [0.29, 0.717) is 17.6 Å². The van der Waals surface area contributed by atoms with Crippen LogP contribution in [-0.2, 0) is 4.79 Å². The Morgan fingerprint density at radius 2 is 1.59 bits per heavy atom. The summed E-state index contributed by atoms with van der Waals surface area (Å²) in [6, 6.07) is 0. The van der Waals surface area contributed by atoms with Gasteiger partial charge in [-0.05, 0) is 56.3 Å². The minimum absolute atomic E-state index is 0.400. The molecule has 1 heteroatoms. The summed E-state index contributed by atoms with van der Waals surface area (Å²) < 4.78 is 0. The molecule has 0 aromatic heterocycles. The topological polar surface area (TPSA) is 17.1 Å². The molecule has 17 heavy (non-hydrogen) atoms. The Morgan fingerprint density at radius 3 is 2.06 bits per heavy atom. The van der Waals surface area contributed by atoms with Gasteiger partial charge in [0.2, 0.25) is 0 Å². The summed E-state index contributed by atoms with van der Waals surface area (Å²) in [7, 11) is 0. The fraction of sp³-hybridized carbons (Fsp3) is 0.938. The van der Waals surface area contributed by atoms with Gasteiger partial charge in [0, 0.05) is 12.3 Å². The maximum atomic E-state index is 12.0. The third-order valence-electron chi connectivity index (χ3n) is 4.07. The Bertz CT molecular complexity index is 222. The van der Waals surface area contributed by atoms with Crippen molar-refractivity contribution < 1.29 is 4.79 Å². The zero-order valence-electron chi connectivity index (χ0n) is 12.2. The van der Waals surface area contributed by atoms with Crippen molar-refractivity contribution in [2.24, 2.45) is 23.7 Å². The van der Waals surface area contributed by atoms with Crippen molar-refractivity contribution in [3.05, 3.63) is 0 Å². The van der Waals surface area contributed by atoms with Gasteiger partial charge in [0.1, 0.15) is 5.78 Å². The zero-order chi connectivity index (χ0) is 12.8. The monoisotopic (exact) mass is 238 g/mol. The van der Waals surface area contributed by atoms with Crippen molar-refractivity contribution in [3.8, 4) is 0 Å². The number of Topliss-reactive ketones (excluding diaryl/α,β-unsaturated/α-hetero) is 1. The smallest absolute Gasteiger partial charge is 0.135 e. The molecule has 0 saturated heterocycles. The third-order valence-corrected chi connectivity index (χ3v) is 4.07. The van der Waals surface area contributed by atoms with Crippen molar-refractivity contribution in [2.75, 3.05) is 0 Å². The highest BCUT2D eigenvalue weighted by atomic mass is 16.1. The molecule has 1 saturated carbocycles. The van der Waals surface area contributed by atoms with Crippen LogP contribution in [0.1, 0.15) is 72.6 Å². The second kappa shape index (κ2) is 7.18. The van der Waals surface area contributed by atoms with Crippen molar-refractivity contribution >= 4 is 5.78 Å². The molecule has 0 aliphatic heterocycles. The van der Waals surface area contributed by atoms with Crippen molar-refractivity contribution in [1.82, 2.24) is 0 Å². The van der Waals surface area contributed by atoms with E-state index in [0.717, 1.165) is 37.5 Å². The summed E-state index contributed by atoms with van der Waals surface area (Å²) >= 11 is 0. The maximum Gasteiger partial charge on any atom is 0.135 e. The van der Waals surface area contributed by atoms with Crippen LogP contribution < -0.4 is 0 Å². The van der Waals surface area contributed by atoms with E-state index < -0.39 is 0 Å². The van der Waals surface area contributed by atoms with E-state index in [-0.39, 0.29) is 0 Å². The van der Waals surface area contributed by atoms with E-state index in [1.54, 1.807) is 0 Å². The van der Waals surface area contributed by atoms with Gasteiger partial charge in [-0.25, -0.2) is 0 Å². The SMILES string of the molecule is CC(C)CCC(=O)C1CCC(CC(C)C)CC1. The van der Waals surface area contributed by atoms with E-state index in [4.69, 9.17) is 0 Å². The molecule has 0 N–H and O–H groups in total. The molecular formula is C16H30O. The Labute approximate surface area is 107 Å². The minimum Gasteiger partial charge on any atom is -0.299 e. The standard InChI is InChI=1S/C16H30O/c1-12(2)5-10-16(17)15-8-6-14(7-9-15)11-13(3)4/h12-15H,5-11H2,1-4H3. The zero-order valence-corrected chi connectivity index (χ0v) is 12.2. The van der Waals surface area contributed by atoms with Crippen molar-refractivity contribution in [3.63, 3.8) is 0 Å². The largest absolute Gasteiger partial charge is 0.299 e. The molecule has 0 spiro atoms. The molecule has 1 aliphatic rings. The molecule has 0 aromatic carbocycles. The second-order valence-corrected chi connectivity index (χ2v) is 6.75. The summed E-state index contributed by atoms with van der Waals surface area (Å²) in [5.74, 6) is 3.31. The van der Waals surface area contributed by atoms with Gasteiger partial charge in [-0.3, -0.25) is 4.79 Å². The minimum atomic E-state index is 0.400. The first kappa shape index (κ1) is 14.7. The van der Waals surface area contributed by atoms with E-state index in [1.165, 1.54) is 19.3 Å². The molecule has 0 unspecified atom stereocenters. The molecule has 100 valence electrons. The van der Waals surface area contributed by atoms with E-state index in [2.05, 4.69) is 27.7 Å². The summed E-state index contributed by atoms with van der Waals surface area (Å²) in [5.41, 5.74) is 0. The molecule has 1 nitrogen and oxygen atoms in total. The van der Waals surface area contributed by atoms with Gasteiger partial charge in [0.15, 0.2) is 0 Å². The molecular weight excluding hydrogens is 208 g/mol. The Kier molecular flexibility index (Phi) is 6.22. The Balaban J connectivity index is 2.24. The van der Waals surface area contributed by atoms with Gasteiger partial charge in [0.25, 0.3) is 0 Å². The molecule has 1 rings (SSSR count). The molecule has 0 radical (unpaired) electrons. The number of rotatable bonds is 6.